The van der Waals surface area contributed by atoms with Crippen LogP contribution in [0, 0.1) is 25.5 Å². The number of nitrogens with zero attached hydrogens (tertiary/aromatic N) is 12. The lowest BCUT2D eigenvalue weighted by atomic mass is 9.97. The maximum absolute atomic E-state index is 15.0. The number of benzene rings is 4. The van der Waals surface area contributed by atoms with Crippen LogP contribution in [0.5, 0.6) is 11.5 Å². The summed E-state index contributed by atoms with van der Waals surface area (Å²) in [6.07, 6.45) is 19.9. The molecule has 4 aromatic heterocycles. The van der Waals surface area contributed by atoms with Crippen LogP contribution in [0.25, 0.3) is 34.9 Å². The minimum atomic E-state index is -0.410. The van der Waals surface area contributed by atoms with E-state index in [-0.39, 0.29) is 23.4 Å². The van der Waals surface area contributed by atoms with Crippen molar-refractivity contribution in [2.45, 2.75) is 65.5 Å². The summed E-state index contributed by atoms with van der Waals surface area (Å²) in [5.41, 5.74) is 8.79. The number of amides is 2. The van der Waals surface area contributed by atoms with E-state index in [0.29, 0.717) is 71.1 Å². The Morgan fingerprint density at radius 1 is 0.583 bits per heavy atom. The van der Waals surface area contributed by atoms with E-state index in [4.69, 9.17) is 9.47 Å². The fourth-order valence-electron chi connectivity index (χ4n) is 9.19. The lowest BCUT2D eigenvalue weighted by Gasteiger charge is -2.34. The Labute approximate surface area is 415 Å². The van der Waals surface area contributed by atoms with E-state index in [0.717, 1.165) is 46.7 Å². The first-order chi connectivity index (χ1) is 34.9. The molecule has 2 aliphatic heterocycles. The molecule has 2 atom stereocenters. The molecule has 72 heavy (non-hydrogen) atoms. The van der Waals surface area contributed by atoms with Crippen LogP contribution in [0.3, 0.4) is 0 Å². The van der Waals surface area contributed by atoms with Crippen LogP contribution in [-0.2, 0) is 9.59 Å². The lowest BCUT2D eigenvalue weighted by Crippen LogP contribution is -2.39. The third-order valence-electron chi connectivity index (χ3n) is 13.0. The second-order valence-electron chi connectivity index (χ2n) is 17.7. The molecule has 10 rings (SSSR count). The number of halogens is 2. The van der Waals surface area contributed by atoms with Crippen molar-refractivity contribution >= 4 is 24.0 Å². The van der Waals surface area contributed by atoms with Crippen molar-refractivity contribution in [2.75, 3.05) is 27.3 Å². The van der Waals surface area contributed by atoms with Gasteiger partial charge in [-0.25, -0.2) is 38.1 Å². The van der Waals surface area contributed by atoms with Crippen LogP contribution in [0.1, 0.15) is 85.3 Å². The van der Waals surface area contributed by atoms with Gasteiger partial charge in [0.05, 0.1) is 73.1 Å². The molecule has 0 saturated carbocycles. The van der Waals surface area contributed by atoms with E-state index in [1.165, 1.54) is 46.8 Å². The molecule has 0 radical (unpaired) electrons. The summed E-state index contributed by atoms with van der Waals surface area (Å²) in [5.74, 6) is 0.446. The average Bonchev–Trinajstić information content (AvgIpc) is 4.26. The molecule has 2 fully saturated rings. The van der Waals surface area contributed by atoms with Crippen molar-refractivity contribution in [1.29, 1.82) is 0 Å². The Morgan fingerprint density at radius 2 is 1.01 bits per heavy atom. The molecule has 16 nitrogen and oxygen atoms in total. The third-order valence-corrected chi connectivity index (χ3v) is 13.0. The van der Waals surface area contributed by atoms with Gasteiger partial charge in [-0.3, -0.25) is 9.59 Å². The number of hydrogen-bond donors (Lipinski definition) is 0. The summed E-state index contributed by atoms with van der Waals surface area (Å²) >= 11 is 0. The number of aryl methyl sites for hydroxylation is 2. The van der Waals surface area contributed by atoms with E-state index in [2.05, 4.69) is 30.1 Å². The van der Waals surface area contributed by atoms with Crippen LogP contribution in [0.15, 0.2) is 134 Å². The maximum Gasteiger partial charge on any atom is 0.250 e. The minimum absolute atomic E-state index is 0.0817. The molecule has 8 aromatic rings. The molecule has 4 aromatic carbocycles. The van der Waals surface area contributed by atoms with E-state index in [9.17, 15) is 9.59 Å². The molecule has 368 valence electrons. The van der Waals surface area contributed by atoms with Crippen LogP contribution >= 0.6 is 0 Å². The third kappa shape index (κ3) is 10.3. The molecule has 0 bridgehead atoms. The topological polar surface area (TPSA) is 156 Å². The molecule has 2 saturated heterocycles. The number of aromatic nitrogens is 10. The number of imidazole rings is 2. The summed E-state index contributed by atoms with van der Waals surface area (Å²) in [4.78, 5) is 46.7. The first kappa shape index (κ1) is 48.5. The molecule has 2 aliphatic rings. The van der Waals surface area contributed by atoms with Gasteiger partial charge in [-0.2, -0.15) is 10.2 Å². The van der Waals surface area contributed by atoms with Crippen LogP contribution in [-0.4, -0.2) is 97.6 Å². The number of rotatable bonds is 12. The normalized spacial score (nSPS) is 15.9. The first-order valence-electron chi connectivity index (χ1n) is 23.6. The number of likely N-dealkylation sites (tertiary alicyclic amines) is 2. The molecular formula is C54H54F2N12O4. The summed E-state index contributed by atoms with van der Waals surface area (Å²) in [6.45, 7) is 8.73. The summed E-state index contributed by atoms with van der Waals surface area (Å²) in [5, 5.41) is 8.09. The largest absolute Gasteiger partial charge is 0.495 e. The number of ether oxygens (including phenoxy) is 2. The number of methoxy groups -OCH3 is 2. The molecule has 0 spiro atoms. The smallest absolute Gasteiger partial charge is 0.250 e. The predicted octanol–water partition coefficient (Wildman–Crippen LogP) is 9.35. The molecular weight excluding hydrogens is 919 g/mol. The monoisotopic (exact) mass is 972 g/mol. The van der Waals surface area contributed by atoms with Gasteiger partial charge in [0.15, 0.2) is 0 Å². The Bertz CT molecular complexity index is 3070. The van der Waals surface area contributed by atoms with Gasteiger partial charge < -0.3 is 28.4 Å². The van der Waals surface area contributed by atoms with Gasteiger partial charge in [-0.15, -0.1) is 0 Å². The van der Waals surface area contributed by atoms with Crippen molar-refractivity contribution in [1.82, 2.24) is 58.4 Å². The lowest BCUT2D eigenvalue weighted by molar-refractivity contribution is -0.131. The van der Waals surface area contributed by atoms with Crippen molar-refractivity contribution < 1.29 is 27.8 Å². The summed E-state index contributed by atoms with van der Waals surface area (Å²) < 4.78 is 48.1. The van der Waals surface area contributed by atoms with Gasteiger partial charge in [0.2, 0.25) is 11.8 Å². The second-order valence-corrected chi connectivity index (χ2v) is 17.7. The first-order valence-corrected chi connectivity index (χ1v) is 23.6. The molecule has 2 amide bonds. The van der Waals surface area contributed by atoms with Gasteiger partial charge in [0.25, 0.3) is 0 Å². The van der Waals surface area contributed by atoms with Crippen LogP contribution in [0.2, 0.25) is 0 Å². The van der Waals surface area contributed by atoms with Crippen molar-refractivity contribution in [3.05, 3.63) is 180 Å². The molecule has 6 heterocycles. The zero-order chi connectivity index (χ0) is 50.5. The predicted molar refractivity (Wildman–Crippen MR) is 267 cm³/mol. The highest BCUT2D eigenvalue weighted by molar-refractivity contribution is 5.99. The van der Waals surface area contributed by atoms with Gasteiger partial charge in [-0.1, -0.05) is 24.3 Å². The Hall–Kier alpha value is -8.54. The Kier molecular flexibility index (Phi) is 14.3. The average molecular weight is 973 g/mol. The molecule has 18 heteroatoms. The standard InChI is InChI=1S/2C27H27FN6O2/c2*1-18-14-32(17-30-18)25-9-6-20(12-26(25)36-3)11-21-5-4-10-33(27(21)35)19(2)23-8-7-22(13-24(23)28)34-16-29-15-31-34/h2*6-9,11-17,19H,4-5,10H2,1-3H3/b2*21-11+/t2*19-/m10/s1. The molecule has 0 aliphatic carbocycles. The van der Waals surface area contributed by atoms with Crippen LogP contribution in [0.4, 0.5) is 8.78 Å². The van der Waals surface area contributed by atoms with E-state index >= 15 is 8.78 Å². The highest BCUT2D eigenvalue weighted by Gasteiger charge is 2.31. The van der Waals surface area contributed by atoms with E-state index < -0.39 is 12.1 Å². The quantitative estimate of drug-likeness (QED) is 0.108. The van der Waals surface area contributed by atoms with E-state index in [1.54, 1.807) is 60.9 Å². The number of piperidine rings is 2. The zero-order valence-electron chi connectivity index (χ0n) is 40.9. The fourth-order valence-corrected chi connectivity index (χ4v) is 9.19. The summed E-state index contributed by atoms with van der Waals surface area (Å²) in [6, 6.07) is 20.6. The SMILES string of the molecule is COc1cc(/C=C2\CCCN([C@@H](C)c3ccc(-n4cncn4)cc3F)C2=O)ccc1-n1cnc(C)c1.COc1cc(/C=C2\CCCN([C@H](C)c3ccc(-n4cncn4)cc3F)C2=O)ccc1-n1cnc(C)c1. The fraction of sp³-hybridized carbons (Fsp3) is 0.259. The Balaban J connectivity index is 0.000000178. The van der Waals surface area contributed by atoms with Gasteiger partial charge in [0, 0.05) is 47.8 Å². The second kappa shape index (κ2) is 21.2. The van der Waals surface area contributed by atoms with Gasteiger partial charge >= 0.3 is 0 Å². The van der Waals surface area contributed by atoms with Crippen molar-refractivity contribution in [3.8, 4) is 34.2 Å². The van der Waals surface area contributed by atoms with Crippen LogP contribution < -0.4 is 9.47 Å². The number of carbonyl (C=O) groups is 2. The molecule has 0 N–H and O–H groups in total. The van der Waals surface area contributed by atoms with E-state index in [1.807, 2.05) is 97.8 Å². The van der Waals surface area contributed by atoms with Gasteiger partial charge in [0.1, 0.15) is 48.4 Å². The van der Waals surface area contributed by atoms with Gasteiger partial charge in [-0.05, 0) is 125 Å². The van der Waals surface area contributed by atoms with Crippen molar-refractivity contribution in [2.24, 2.45) is 0 Å². The summed E-state index contributed by atoms with van der Waals surface area (Å²) in [7, 11) is 3.24. The highest BCUT2D eigenvalue weighted by atomic mass is 19.1. The highest BCUT2D eigenvalue weighted by Crippen LogP contribution is 2.34. The molecule has 0 unspecified atom stereocenters. The Morgan fingerprint density at radius 3 is 1.36 bits per heavy atom. The number of carbonyl (C=O) groups excluding carboxylic acids is 2. The minimum Gasteiger partial charge on any atom is -0.495 e. The zero-order valence-corrected chi connectivity index (χ0v) is 40.9. The number of hydrogen-bond acceptors (Lipinski definition) is 10. The maximum atomic E-state index is 15.0. The van der Waals surface area contributed by atoms with Crippen molar-refractivity contribution in [3.63, 3.8) is 0 Å².